The fourth-order valence-corrected chi connectivity index (χ4v) is 4.70. The molecule has 1 aliphatic heterocycles. The van der Waals surface area contributed by atoms with Gasteiger partial charge >= 0.3 is 6.09 Å². The van der Waals surface area contributed by atoms with Gasteiger partial charge in [-0.1, -0.05) is 30.3 Å². The molecule has 5 amide bonds. The Morgan fingerprint density at radius 2 is 1.74 bits per heavy atom. The van der Waals surface area contributed by atoms with Gasteiger partial charge in [0.25, 0.3) is 0 Å². The summed E-state index contributed by atoms with van der Waals surface area (Å²) in [5.74, 6) is -1.60. The third-order valence-corrected chi connectivity index (χ3v) is 7.02. The number of ether oxygens (including phenoxy) is 1. The van der Waals surface area contributed by atoms with E-state index in [-0.39, 0.29) is 11.7 Å². The van der Waals surface area contributed by atoms with Crippen molar-refractivity contribution in [3.05, 3.63) is 35.9 Å². The van der Waals surface area contributed by atoms with Crippen molar-refractivity contribution in [3.8, 4) is 0 Å². The maximum atomic E-state index is 13.3. The fraction of sp³-hybridized carbons (Fsp3) is 0.593. The van der Waals surface area contributed by atoms with E-state index in [1.54, 1.807) is 59.1 Å². The van der Waals surface area contributed by atoms with Gasteiger partial charge in [0, 0.05) is 26.4 Å². The Kier molecular flexibility index (Phi) is 9.52. The van der Waals surface area contributed by atoms with Crippen molar-refractivity contribution in [1.29, 1.82) is 0 Å². The van der Waals surface area contributed by atoms with E-state index < -0.39 is 53.1 Å². The zero-order valence-corrected chi connectivity index (χ0v) is 24.0. The maximum Gasteiger partial charge on any atom is 0.408 e. The third kappa shape index (κ3) is 7.65. The van der Waals surface area contributed by atoms with Gasteiger partial charge in [0.05, 0.1) is 0 Å². The van der Waals surface area contributed by atoms with Crippen LogP contribution in [0.25, 0.3) is 0 Å². The second kappa shape index (κ2) is 12.3. The maximum absolute atomic E-state index is 13.3. The molecule has 1 aliphatic carbocycles. The van der Waals surface area contributed by atoms with Gasteiger partial charge in [-0.3, -0.25) is 19.2 Å². The van der Waals surface area contributed by atoms with Crippen LogP contribution in [0.3, 0.4) is 0 Å². The van der Waals surface area contributed by atoms with Crippen LogP contribution in [0.2, 0.25) is 0 Å². The summed E-state index contributed by atoms with van der Waals surface area (Å²) >= 11 is 4.21. The highest BCUT2D eigenvalue weighted by Crippen LogP contribution is 2.37. The lowest BCUT2D eigenvalue weighted by molar-refractivity contribution is -0.141. The number of likely N-dealkylation sites (tertiary alicyclic amines) is 1. The number of amides is 5. The normalized spacial score (nSPS) is 19.3. The Bertz CT molecular complexity index is 1090. The summed E-state index contributed by atoms with van der Waals surface area (Å²) in [4.78, 5) is 67.9. The van der Waals surface area contributed by atoms with Crippen LogP contribution in [0.5, 0.6) is 0 Å². The number of nitrogens with zero attached hydrogens (tertiary/aromatic N) is 2. The van der Waals surface area contributed by atoms with E-state index in [4.69, 9.17) is 4.74 Å². The van der Waals surface area contributed by atoms with Crippen LogP contribution in [-0.4, -0.2) is 89.1 Å². The van der Waals surface area contributed by atoms with Gasteiger partial charge in [-0.25, -0.2) is 4.79 Å². The molecule has 12 heteroatoms. The van der Waals surface area contributed by atoms with Crippen molar-refractivity contribution in [3.63, 3.8) is 0 Å². The first-order valence-corrected chi connectivity index (χ1v) is 13.7. The van der Waals surface area contributed by atoms with E-state index in [0.717, 1.165) is 0 Å². The molecule has 1 saturated heterocycles. The lowest BCUT2D eigenvalue weighted by atomic mass is 10.0. The van der Waals surface area contributed by atoms with E-state index in [2.05, 4.69) is 28.6 Å². The molecule has 1 aromatic rings. The predicted octanol–water partition coefficient (Wildman–Crippen LogP) is 1.40. The molecule has 0 aromatic heterocycles. The van der Waals surface area contributed by atoms with Crippen LogP contribution in [-0.2, 0) is 23.9 Å². The van der Waals surface area contributed by atoms with Crippen molar-refractivity contribution < 1.29 is 28.7 Å². The summed E-state index contributed by atoms with van der Waals surface area (Å²) in [5, 5.41) is 8.20. The second-order valence-electron chi connectivity index (χ2n) is 11.2. The molecular weight excluding hydrogens is 522 g/mol. The number of alkyl carbamates (subject to hydrolysis) is 1. The van der Waals surface area contributed by atoms with Crippen molar-refractivity contribution >= 4 is 42.4 Å². The van der Waals surface area contributed by atoms with E-state index in [1.165, 1.54) is 9.80 Å². The predicted molar refractivity (Wildman–Crippen MR) is 148 cm³/mol. The molecule has 1 heterocycles. The molecule has 1 aromatic carbocycles. The standard InChI is InChI=1S/C27H39N5O6S/c1-26(2,3)38-25(37)28-18(16-39)22(34)32-15-9-12-19(32)21(33)30-27(13-14-27)24(36)29-20(23(35)31(4)5)17-10-7-6-8-11-17/h6-8,10-11,18-20,39H,9,12-16H2,1-5H3,(H,28,37)(H,29,36)(H,30,33)/t18-,19+,20-/m0/s1. The van der Waals surface area contributed by atoms with Gasteiger partial charge in [0.15, 0.2) is 0 Å². The topological polar surface area (TPSA) is 137 Å². The third-order valence-electron chi connectivity index (χ3n) is 6.65. The zero-order valence-electron chi connectivity index (χ0n) is 23.2. The summed E-state index contributed by atoms with van der Waals surface area (Å²) in [5.41, 5.74) is -1.25. The Balaban J connectivity index is 1.68. The Hall–Kier alpha value is -3.28. The smallest absolute Gasteiger partial charge is 0.408 e. The summed E-state index contributed by atoms with van der Waals surface area (Å²) in [6.45, 7) is 5.48. The highest BCUT2D eigenvalue weighted by molar-refractivity contribution is 7.80. The first kappa shape index (κ1) is 30.3. The Labute approximate surface area is 234 Å². The van der Waals surface area contributed by atoms with Crippen LogP contribution in [0, 0.1) is 0 Å². The largest absolute Gasteiger partial charge is 0.444 e. The molecule has 2 fully saturated rings. The molecule has 0 bridgehead atoms. The molecule has 2 aliphatic rings. The van der Waals surface area contributed by atoms with Gasteiger partial charge in [-0.2, -0.15) is 12.6 Å². The Morgan fingerprint density at radius 3 is 2.28 bits per heavy atom. The van der Waals surface area contributed by atoms with E-state index in [0.29, 0.717) is 37.8 Å². The number of hydrogen-bond acceptors (Lipinski definition) is 7. The average Bonchev–Trinajstić information content (AvgIpc) is 3.48. The summed E-state index contributed by atoms with van der Waals surface area (Å²) in [6, 6.07) is 6.24. The molecule has 1 saturated carbocycles. The second-order valence-corrected chi connectivity index (χ2v) is 11.6. The van der Waals surface area contributed by atoms with Crippen LogP contribution >= 0.6 is 12.6 Å². The lowest BCUT2D eigenvalue weighted by Gasteiger charge is -2.30. The van der Waals surface area contributed by atoms with Gasteiger partial charge in [-0.05, 0) is 52.0 Å². The Morgan fingerprint density at radius 1 is 1.10 bits per heavy atom. The molecule has 11 nitrogen and oxygen atoms in total. The molecular formula is C27H39N5O6S. The SMILES string of the molecule is CN(C)C(=O)[C@@H](NC(=O)C1(NC(=O)[C@H]2CCCN2C(=O)[C@H](CS)NC(=O)OC(C)(C)C)CC1)c1ccccc1. The number of likely N-dealkylation sites (N-methyl/N-ethyl adjacent to an activating group) is 1. The number of rotatable bonds is 9. The molecule has 0 unspecified atom stereocenters. The van der Waals surface area contributed by atoms with E-state index in [9.17, 15) is 24.0 Å². The van der Waals surface area contributed by atoms with Gasteiger partial charge in [0.2, 0.25) is 23.6 Å². The number of hydrogen-bond donors (Lipinski definition) is 4. The first-order valence-electron chi connectivity index (χ1n) is 13.1. The van der Waals surface area contributed by atoms with Gasteiger partial charge < -0.3 is 30.5 Å². The monoisotopic (exact) mass is 561 g/mol. The molecule has 3 N–H and O–H groups in total. The van der Waals surface area contributed by atoms with Crippen molar-refractivity contribution in [2.75, 3.05) is 26.4 Å². The molecule has 3 rings (SSSR count). The van der Waals surface area contributed by atoms with Crippen molar-refractivity contribution in [1.82, 2.24) is 25.8 Å². The molecule has 0 radical (unpaired) electrons. The first-order chi connectivity index (χ1) is 18.3. The minimum Gasteiger partial charge on any atom is -0.444 e. The lowest BCUT2D eigenvalue weighted by Crippen LogP contribution is -2.58. The van der Waals surface area contributed by atoms with Crippen LogP contribution in [0.4, 0.5) is 4.79 Å². The molecule has 39 heavy (non-hydrogen) atoms. The summed E-state index contributed by atoms with van der Waals surface area (Å²) in [6.07, 6.45) is 1.11. The highest BCUT2D eigenvalue weighted by atomic mass is 32.1. The molecule has 0 spiro atoms. The summed E-state index contributed by atoms with van der Waals surface area (Å²) in [7, 11) is 3.22. The minimum atomic E-state index is -1.15. The van der Waals surface area contributed by atoms with Crippen LogP contribution in [0.15, 0.2) is 30.3 Å². The van der Waals surface area contributed by atoms with Crippen LogP contribution in [0.1, 0.15) is 58.1 Å². The highest BCUT2D eigenvalue weighted by Gasteiger charge is 2.53. The molecule has 214 valence electrons. The van der Waals surface area contributed by atoms with E-state index in [1.807, 2.05) is 6.07 Å². The number of carbonyl (C=O) groups is 5. The number of thiol groups is 1. The zero-order chi connectivity index (χ0) is 29.0. The van der Waals surface area contributed by atoms with E-state index >= 15 is 0 Å². The minimum absolute atomic E-state index is 0.0238. The average molecular weight is 562 g/mol. The molecule has 3 atom stereocenters. The number of nitrogens with one attached hydrogen (secondary N) is 3. The van der Waals surface area contributed by atoms with Crippen molar-refractivity contribution in [2.45, 2.75) is 75.7 Å². The fourth-order valence-electron chi connectivity index (χ4n) is 4.45. The summed E-state index contributed by atoms with van der Waals surface area (Å²) < 4.78 is 5.25. The van der Waals surface area contributed by atoms with Gasteiger partial charge in [0.1, 0.15) is 29.3 Å². The van der Waals surface area contributed by atoms with Crippen LogP contribution < -0.4 is 16.0 Å². The van der Waals surface area contributed by atoms with Crippen molar-refractivity contribution in [2.24, 2.45) is 0 Å². The van der Waals surface area contributed by atoms with Gasteiger partial charge in [-0.15, -0.1) is 0 Å². The number of benzene rings is 1. The number of carbonyl (C=O) groups excluding carboxylic acids is 5. The quantitative estimate of drug-likeness (QED) is 0.337.